The molecule has 3 aromatic rings. The van der Waals surface area contributed by atoms with Crippen molar-refractivity contribution >= 4 is 44.4 Å². The number of carbonyl (C=O) groups is 2. The van der Waals surface area contributed by atoms with Gasteiger partial charge in [0.1, 0.15) is 18.2 Å². The highest BCUT2D eigenvalue weighted by atomic mass is 79.9. The topological polar surface area (TPSA) is 67.9 Å². The number of halogens is 1. The van der Waals surface area contributed by atoms with E-state index in [4.69, 9.17) is 9.47 Å². The molecule has 33 heavy (non-hydrogen) atoms. The molecule has 7 heteroatoms. The molecule has 172 valence electrons. The Morgan fingerprint density at radius 3 is 2.67 bits per heavy atom. The van der Waals surface area contributed by atoms with Gasteiger partial charge in [-0.25, -0.2) is 4.79 Å². The highest BCUT2D eigenvalue weighted by Gasteiger charge is 2.35. The summed E-state index contributed by atoms with van der Waals surface area (Å²) >= 11 is 3.54. The third-order valence-corrected chi connectivity index (χ3v) is 6.10. The van der Waals surface area contributed by atoms with E-state index in [1.54, 1.807) is 25.7 Å². The van der Waals surface area contributed by atoms with Gasteiger partial charge in [0.25, 0.3) is 5.91 Å². The van der Waals surface area contributed by atoms with E-state index < -0.39 is 17.7 Å². The van der Waals surface area contributed by atoms with E-state index in [1.807, 2.05) is 37.3 Å². The third kappa shape index (κ3) is 4.98. The molecule has 1 unspecified atom stereocenters. The van der Waals surface area contributed by atoms with Crippen molar-refractivity contribution in [3.63, 3.8) is 0 Å². The Balaban J connectivity index is 1.74. The highest BCUT2D eigenvalue weighted by Crippen LogP contribution is 2.39. The number of rotatable bonds is 3. The number of amides is 2. The van der Waals surface area contributed by atoms with Crippen molar-refractivity contribution in [2.45, 2.75) is 45.9 Å². The Kier molecular flexibility index (Phi) is 6.34. The first-order valence-electron chi connectivity index (χ1n) is 10.8. The number of carbonyl (C=O) groups excluding carboxylic acids is 2. The van der Waals surface area contributed by atoms with Gasteiger partial charge in [0.15, 0.2) is 5.75 Å². The summed E-state index contributed by atoms with van der Waals surface area (Å²) < 4.78 is 12.1. The first-order chi connectivity index (χ1) is 15.6. The summed E-state index contributed by atoms with van der Waals surface area (Å²) in [5.74, 6) is 0.308. The van der Waals surface area contributed by atoms with Crippen molar-refractivity contribution in [3.8, 4) is 5.75 Å². The Hall–Kier alpha value is -3.06. The molecule has 0 aromatic heterocycles. The molecule has 1 heterocycles. The van der Waals surface area contributed by atoms with Gasteiger partial charge in [-0.1, -0.05) is 42.5 Å². The molecule has 0 saturated carbocycles. The van der Waals surface area contributed by atoms with Crippen LogP contribution in [0.1, 0.15) is 31.9 Å². The summed E-state index contributed by atoms with van der Waals surface area (Å²) in [6.45, 7) is 7.71. The van der Waals surface area contributed by atoms with E-state index in [1.165, 1.54) is 0 Å². The lowest BCUT2D eigenvalue weighted by molar-refractivity contribution is -0.121. The van der Waals surface area contributed by atoms with Crippen molar-refractivity contribution in [2.75, 3.05) is 11.5 Å². The molecule has 1 aliphatic rings. The smallest absolute Gasteiger partial charge is 0.408 e. The molecule has 0 fully saturated rings. The van der Waals surface area contributed by atoms with E-state index in [-0.39, 0.29) is 12.5 Å². The predicted molar refractivity (Wildman–Crippen MR) is 133 cm³/mol. The maximum absolute atomic E-state index is 13.7. The fourth-order valence-corrected chi connectivity index (χ4v) is 4.40. The van der Waals surface area contributed by atoms with Gasteiger partial charge in [-0.2, -0.15) is 0 Å². The Bertz CT molecular complexity index is 1220. The normalized spacial score (nSPS) is 16.1. The number of hydrogen-bond donors (Lipinski definition) is 1. The van der Waals surface area contributed by atoms with Crippen molar-refractivity contribution in [3.05, 3.63) is 70.2 Å². The molecule has 1 atom stereocenters. The van der Waals surface area contributed by atoms with Gasteiger partial charge < -0.3 is 19.7 Å². The molecule has 1 aliphatic heterocycles. The molecular weight excluding hydrogens is 484 g/mol. The SMILES string of the molecule is Cc1ccc2ccccc2c1CN1C(=O)C(NC(=O)OC(C)(C)C)COc2c(Br)cccc21. The second-order valence-electron chi connectivity index (χ2n) is 9.10. The molecular formula is C26H27BrN2O4. The maximum Gasteiger partial charge on any atom is 0.408 e. The largest absolute Gasteiger partial charge is 0.487 e. The predicted octanol–water partition coefficient (Wildman–Crippen LogP) is 5.73. The van der Waals surface area contributed by atoms with Gasteiger partial charge in [0.2, 0.25) is 0 Å². The van der Waals surface area contributed by atoms with Crippen molar-refractivity contribution in [1.82, 2.24) is 5.32 Å². The molecule has 3 aromatic carbocycles. The molecule has 0 radical (unpaired) electrons. The van der Waals surface area contributed by atoms with Crippen molar-refractivity contribution < 1.29 is 19.1 Å². The minimum atomic E-state index is -0.894. The standard InChI is InChI=1S/C26H27BrN2O4/c1-16-12-13-17-8-5-6-9-18(17)19(16)14-29-22-11-7-10-20(27)23(22)32-15-21(24(29)30)28-25(31)33-26(2,3)4/h5-13,21H,14-15H2,1-4H3,(H,28,31). The van der Waals surface area contributed by atoms with E-state index in [0.29, 0.717) is 18.0 Å². The van der Waals surface area contributed by atoms with E-state index in [0.717, 1.165) is 26.4 Å². The third-order valence-electron chi connectivity index (χ3n) is 5.48. The molecule has 0 spiro atoms. The first kappa shape index (κ1) is 23.1. The Morgan fingerprint density at radius 1 is 1.15 bits per heavy atom. The van der Waals surface area contributed by atoms with Crippen LogP contribution in [0.4, 0.5) is 10.5 Å². The number of hydrogen-bond acceptors (Lipinski definition) is 4. The quantitative estimate of drug-likeness (QED) is 0.488. The summed E-state index contributed by atoms with van der Waals surface area (Å²) in [6.07, 6.45) is -0.657. The summed E-state index contributed by atoms with van der Waals surface area (Å²) in [7, 11) is 0. The maximum atomic E-state index is 13.7. The Morgan fingerprint density at radius 2 is 1.91 bits per heavy atom. The summed E-state index contributed by atoms with van der Waals surface area (Å²) in [5.41, 5.74) is 2.10. The van der Waals surface area contributed by atoms with Crippen molar-refractivity contribution in [1.29, 1.82) is 0 Å². The van der Waals surface area contributed by atoms with E-state index >= 15 is 0 Å². The van der Waals surface area contributed by atoms with Crippen LogP contribution in [-0.4, -0.2) is 30.3 Å². The zero-order valence-electron chi connectivity index (χ0n) is 19.1. The molecule has 0 aliphatic carbocycles. The van der Waals surface area contributed by atoms with Crippen LogP contribution in [-0.2, 0) is 16.1 Å². The first-order valence-corrected chi connectivity index (χ1v) is 11.6. The lowest BCUT2D eigenvalue weighted by atomic mass is 9.99. The molecule has 0 bridgehead atoms. The number of alkyl carbamates (subject to hydrolysis) is 1. The second kappa shape index (κ2) is 9.06. The number of benzene rings is 3. The fraction of sp³-hybridized carbons (Fsp3) is 0.308. The van der Waals surface area contributed by atoms with Gasteiger partial charge in [-0.15, -0.1) is 0 Å². The summed E-state index contributed by atoms with van der Waals surface area (Å²) in [4.78, 5) is 27.9. The van der Waals surface area contributed by atoms with Crippen LogP contribution < -0.4 is 15.0 Å². The molecule has 4 rings (SSSR count). The van der Waals surface area contributed by atoms with Crippen LogP contribution in [0.3, 0.4) is 0 Å². The van der Waals surface area contributed by atoms with Crippen LogP contribution in [0.2, 0.25) is 0 Å². The van der Waals surface area contributed by atoms with Crippen LogP contribution in [0, 0.1) is 6.92 Å². The van der Waals surface area contributed by atoms with Crippen LogP contribution in [0.5, 0.6) is 5.75 Å². The number of nitrogens with one attached hydrogen (secondary N) is 1. The van der Waals surface area contributed by atoms with Gasteiger partial charge in [0.05, 0.1) is 16.7 Å². The number of fused-ring (bicyclic) bond motifs is 2. The number of para-hydroxylation sites is 1. The van der Waals surface area contributed by atoms with E-state index in [9.17, 15) is 9.59 Å². The molecule has 6 nitrogen and oxygen atoms in total. The number of aryl methyl sites for hydroxylation is 1. The lowest BCUT2D eigenvalue weighted by Crippen LogP contribution is -2.51. The van der Waals surface area contributed by atoms with Crippen molar-refractivity contribution in [2.24, 2.45) is 0 Å². The van der Waals surface area contributed by atoms with Gasteiger partial charge in [0, 0.05) is 0 Å². The van der Waals surface area contributed by atoms with E-state index in [2.05, 4.69) is 45.5 Å². The van der Waals surface area contributed by atoms with Gasteiger partial charge in [-0.3, -0.25) is 4.79 Å². The monoisotopic (exact) mass is 510 g/mol. The summed E-state index contributed by atoms with van der Waals surface area (Å²) in [6, 6.07) is 17.0. The zero-order valence-corrected chi connectivity index (χ0v) is 20.7. The average molecular weight is 511 g/mol. The zero-order chi connectivity index (χ0) is 23.8. The fourth-order valence-electron chi connectivity index (χ4n) is 3.93. The van der Waals surface area contributed by atoms with Gasteiger partial charge >= 0.3 is 6.09 Å². The Labute approximate surface area is 202 Å². The summed E-state index contributed by atoms with van der Waals surface area (Å²) in [5, 5.41) is 4.89. The molecule has 2 amide bonds. The number of nitrogens with zero attached hydrogens (tertiary/aromatic N) is 1. The van der Waals surface area contributed by atoms with Crippen LogP contribution in [0.25, 0.3) is 10.8 Å². The van der Waals surface area contributed by atoms with Gasteiger partial charge in [-0.05, 0) is 77.7 Å². The molecule has 0 saturated heterocycles. The van der Waals surface area contributed by atoms with Crippen LogP contribution in [0.15, 0.2) is 59.1 Å². The minimum Gasteiger partial charge on any atom is -0.487 e. The minimum absolute atomic E-state index is 0.00128. The second-order valence-corrected chi connectivity index (χ2v) is 9.96. The number of anilines is 1. The highest BCUT2D eigenvalue weighted by molar-refractivity contribution is 9.10. The number of ether oxygens (including phenoxy) is 2. The lowest BCUT2D eigenvalue weighted by Gasteiger charge is -2.27. The molecule has 1 N–H and O–H groups in total. The average Bonchev–Trinajstić information content (AvgIpc) is 2.87. The van der Waals surface area contributed by atoms with Crippen LogP contribution >= 0.6 is 15.9 Å².